The lowest BCUT2D eigenvalue weighted by atomic mass is 10.3. The first kappa shape index (κ1) is 12.8. The quantitative estimate of drug-likeness (QED) is 0.546. The predicted octanol–water partition coefficient (Wildman–Crippen LogP) is 2.46. The molecule has 0 radical (unpaired) electrons. The lowest BCUT2D eigenvalue weighted by molar-refractivity contribution is 0.0645. The van der Waals surface area contributed by atoms with Gasteiger partial charge >= 0.3 is 5.43 Å². The highest BCUT2D eigenvalue weighted by Crippen LogP contribution is 2.07. The second-order valence-corrected chi connectivity index (χ2v) is 3.17. The van der Waals surface area contributed by atoms with Gasteiger partial charge in [-0.1, -0.05) is 18.2 Å². The molecule has 0 saturated carbocycles. The van der Waals surface area contributed by atoms with E-state index in [2.05, 4.69) is 4.74 Å². The Balaban J connectivity index is 1.94. The number of benzene rings is 1. The first-order valence-corrected chi connectivity index (χ1v) is 5.24. The van der Waals surface area contributed by atoms with Crippen molar-refractivity contribution in [3.8, 4) is 5.75 Å². The maximum absolute atomic E-state index is 10.2. The smallest absolute Gasteiger partial charge is 0.403 e. The molecule has 0 bridgehead atoms. The van der Waals surface area contributed by atoms with E-state index in [1.54, 1.807) is 0 Å². The third kappa shape index (κ3) is 6.27. The Morgan fingerprint density at radius 1 is 1.06 bits per heavy atom. The van der Waals surface area contributed by atoms with Gasteiger partial charge in [-0.3, -0.25) is 0 Å². The van der Waals surface area contributed by atoms with Crippen molar-refractivity contribution in [2.45, 2.75) is 0 Å². The van der Waals surface area contributed by atoms with Gasteiger partial charge in [0.25, 0.3) is 0 Å². The minimum atomic E-state index is -0.816. The second kappa shape index (κ2) is 7.96. The van der Waals surface area contributed by atoms with Crippen LogP contribution in [-0.2, 0) is 9.47 Å². The molecule has 16 heavy (non-hydrogen) atoms. The van der Waals surface area contributed by atoms with Gasteiger partial charge in [0.1, 0.15) is 19.0 Å². The largest absolute Gasteiger partial charge is 0.491 e. The molecule has 0 fully saturated rings. The number of hydrogen-bond donors (Lipinski definition) is 0. The van der Waals surface area contributed by atoms with Crippen LogP contribution >= 0.6 is 11.6 Å². The lowest BCUT2D eigenvalue weighted by Crippen LogP contribution is -2.11. The highest BCUT2D eigenvalue weighted by atomic mass is 35.5. The SMILES string of the molecule is O=C(Cl)OCCOCCOc1ccccc1. The summed E-state index contributed by atoms with van der Waals surface area (Å²) in [6.45, 7) is 1.37. The molecule has 0 heterocycles. The van der Waals surface area contributed by atoms with Gasteiger partial charge in [-0.15, -0.1) is 0 Å². The van der Waals surface area contributed by atoms with Crippen molar-refractivity contribution < 1.29 is 19.0 Å². The molecule has 0 spiro atoms. The Hall–Kier alpha value is -1.26. The molecule has 0 aliphatic heterocycles. The third-order valence-corrected chi connectivity index (χ3v) is 1.79. The Labute approximate surface area is 99.1 Å². The minimum absolute atomic E-state index is 0.160. The summed E-state index contributed by atoms with van der Waals surface area (Å²) in [5.41, 5.74) is -0.816. The number of carbonyl (C=O) groups excluding carboxylic acids is 1. The zero-order chi connectivity index (χ0) is 11.6. The highest BCUT2D eigenvalue weighted by molar-refractivity contribution is 6.61. The topological polar surface area (TPSA) is 44.8 Å². The van der Waals surface area contributed by atoms with Gasteiger partial charge < -0.3 is 14.2 Å². The molecule has 0 N–H and O–H groups in total. The summed E-state index contributed by atoms with van der Waals surface area (Å²) >= 11 is 4.96. The normalized spacial score (nSPS) is 9.81. The van der Waals surface area contributed by atoms with E-state index < -0.39 is 5.43 Å². The Kier molecular flexibility index (Phi) is 6.37. The Morgan fingerprint density at radius 3 is 2.44 bits per heavy atom. The maximum atomic E-state index is 10.2. The summed E-state index contributed by atoms with van der Waals surface area (Å²) in [6.07, 6.45) is 0. The van der Waals surface area contributed by atoms with Crippen LogP contribution in [-0.4, -0.2) is 31.9 Å². The van der Waals surface area contributed by atoms with Crippen LogP contribution in [0.4, 0.5) is 4.79 Å². The summed E-state index contributed by atoms with van der Waals surface area (Å²) in [5, 5.41) is 0. The van der Waals surface area contributed by atoms with Crippen molar-refractivity contribution in [1.82, 2.24) is 0 Å². The first-order chi connectivity index (χ1) is 7.79. The summed E-state index contributed by atoms with van der Waals surface area (Å²) in [6, 6.07) is 9.46. The molecule has 1 rings (SSSR count). The fourth-order valence-corrected chi connectivity index (χ4v) is 1.10. The maximum Gasteiger partial charge on any atom is 0.403 e. The van der Waals surface area contributed by atoms with E-state index in [1.807, 2.05) is 30.3 Å². The van der Waals surface area contributed by atoms with Crippen LogP contribution in [0.25, 0.3) is 0 Å². The van der Waals surface area contributed by atoms with Crippen LogP contribution in [0.3, 0.4) is 0 Å². The van der Waals surface area contributed by atoms with E-state index >= 15 is 0 Å². The van der Waals surface area contributed by atoms with Crippen LogP contribution in [0.15, 0.2) is 30.3 Å². The van der Waals surface area contributed by atoms with Gasteiger partial charge in [-0.05, 0) is 12.1 Å². The van der Waals surface area contributed by atoms with Gasteiger partial charge in [0.05, 0.1) is 13.2 Å². The highest BCUT2D eigenvalue weighted by Gasteiger charge is 1.95. The predicted molar refractivity (Wildman–Crippen MR) is 60.0 cm³/mol. The number of para-hydroxylation sites is 1. The molecule has 0 aliphatic rings. The number of hydrogen-bond acceptors (Lipinski definition) is 4. The standard InChI is InChI=1S/C11H13ClO4/c12-11(13)16-9-7-14-6-8-15-10-4-2-1-3-5-10/h1-5H,6-9H2. The second-order valence-electron chi connectivity index (χ2n) is 2.86. The van der Waals surface area contributed by atoms with Gasteiger partial charge in [-0.2, -0.15) is 0 Å². The van der Waals surface area contributed by atoms with Crippen LogP contribution in [0.1, 0.15) is 0 Å². The van der Waals surface area contributed by atoms with Crippen LogP contribution in [0.2, 0.25) is 0 Å². The van der Waals surface area contributed by atoms with Gasteiger partial charge in [0.2, 0.25) is 0 Å². The monoisotopic (exact) mass is 244 g/mol. The van der Waals surface area contributed by atoms with Crippen molar-refractivity contribution in [3.05, 3.63) is 30.3 Å². The molecule has 0 saturated heterocycles. The van der Waals surface area contributed by atoms with E-state index in [9.17, 15) is 4.79 Å². The molecule has 0 unspecified atom stereocenters. The fraction of sp³-hybridized carbons (Fsp3) is 0.364. The van der Waals surface area contributed by atoms with E-state index in [4.69, 9.17) is 21.1 Å². The van der Waals surface area contributed by atoms with Crippen LogP contribution < -0.4 is 4.74 Å². The van der Waals surface area contributed by atoms with E-state index in [1.165, 1.54) is 0 Å². The van der Waals surface area contributed by atoms with E-state index in [0.717, 1.165) is 5.75 Å². The summed E-state index contributed by atoms with van der Waals surface area (Å²) < 4.78 is 15.0. The molecule has 0 atom stereocenters. The van der Waals surface area contributed by atoms with Gasteiger partial charge in [0, 0.05) is 11.6 Å². The van der Waals surface area contributed by atoms with Gasteiger partial charge in [-0.25, -0.2) is 4.79 Å². The zero-order valence-electron chi connectivity index (χ0n) is 8.73. The average Bonchev–Trinajstić information content (AvgIpc) is 2.29. The number of carbonyl (C=O) groups is 1. The zero-order valence-corrected chi connectivity index (χ0v) is 9.48. The van der Waals surface area contributed by atoms with Crippen molar-refractivity contribution in [2.75, 3.05) is 26.4 Å². The third-order valence-electron chi connectivity index (χ3n) is 1.68. The Bertz CT molecular complexity index is 302. The average molecular weight is 245 g/mol. The van der Waals surface area contributed by atoms with E-state index in [0.29, 0.717) is 19.8 Å². The van der Waals surface area contributed by atoms with Crippen molar-refractivity contribution in [3.63, 3.8) is 0 Å². The molecular formula is C11H13ClO4. The minimum Gasteiger partial charge on any atom is -0.491 e. The van der Waals surface area contributed by atoms with E-state index in [-0.39, 0.29) is 6.61 Å². The molecule has 0 aliphatic carbocycles. The molecule has 5 heteroatoms. The lowest BCUT2D eigenvalue weighted by Gasteiger charge is -2.06. The molecule has 0 amide bonds. The molecule has 1 aromatic carbocycles. The Morgan fingerprint density at radius 2 is 1.75 bits per heavy atom. The van der Waals surface area contributed by atoms with Crippen LogP contribution in [0, 0.1) is 0 Å². The molecule has 1 aromatic rings. The van der Waals surface area contributed by atoms with Gasteiger partial charge in [0.15, 0.2) is 0 Å². The summed E-state index contributed by atoms with van der Waals surface area (Å²) in [7, 11) is 0. The summed E-state index contributed by atoms with van der Waals surface area (Å²) in [5.74, 6) is 0.804. The molecule has 88 valence electrons. The van der Waals surface area contributed by atoms with Crippen LogP contribution in [0.5, 0.6) is 5.75 Å². The summed E-state index contributed by atoms with van der Waals surface area (Å²) in [4.78, 5) is 10.2. The number of ether oxygens (including phenoxy) is 3. The van der Waals surface area contributed by atoms with Crippen molar-refractivity contribution in [2.24, 2.45) is 0 Å². The van der Waals surface area contributed by atoms with Crippen molar-refractivity contribution in [1.29, 1.82) is 0 Å². The van der Waals surface area contributed by atoms with Crippen molar-refractivity contribution >= 4 is 17.0 Å². The number of rotatable bonds is 7. The molecule has 0 aromatic heterocycles. The first-order valence-electron chi connectivity index (χ1n) is 4.87. The fourth-order valence-electron chi connectivity index (χ4n) is 1.02. The molecular weight excluding hydrogens is 232 g/mol. The molecule has 4 nitrogen and oxygen atoms in total. The number of halogens is 1.